The summed E-state index contributed by atoms with van der Waals surface area (Å²) in [5.74, 6) is 1.43. The summed E-state index contributed by atoms with van der Waals surface area (Å²) in [5.41, 5.74) is 1.02. The van der Waals surface area contributed by atoms with Crippen LogP contribution in [0.25, 0.3) is 0 Å². The first-order valence-corrected chi connectivity index (χ1v) is 7.28. The molecule has 0 saturated carbocycles. The minimum Gasteiger partial charge on any atom is -0.316 e. The van der Waals surface area contributed by atoms with Crippen LogP contribution in [0.2, 0.25) is 0 Å². The van der Waals surface area contributed by atoms with Crippen LogP contribution in [-0.2, 0) is 6.54 Å². The van der Waals surface area contributed by atoms with Crippen molar-refractivity contribution >= 4 is 21.6 Å². The molecule has 0 aliphatic carbocycles. The van der Waals surface area contributed by atoms with Crippen molar-refractivity contribution < 1.29 is 4.92 Å². The minimum absolute atomic E-state index is 0.213. The summed E-state index contributed by atoms with van der Waals surface area (Å²) < 4.78 is 0.755. The number of nitrogens with one attached hydrogen (secondary N) is 1. The van der Waals surface area contributed by atoms with Crippen LogP contribution in [0.4, 0.5) is 5.69 Å². The van der Waals surface area contributed by atoms with Gasteiger partial charge in [0.05, 0.1) is 4.92 Å². The molecular weight excluding hydrogens is 310 g/mol. The molecule has 1 aromatic rings. The highest BCUT2D eigenvalue weighted by atomic mass is 79.9. The number of nitro benzene ring substituents is 1. The zero-order chi connectivity index (χ0) is 13.4. The van der Waals surface area contributed by atoms with Crippen molar-refractivity contribution in [2.24, 2.45) is 11.8 Å². The van der Waals surface area contributed by atoms with Crippen LogP contribution in [0.15, 0.2) is 22.7 Å². The van der Waals surface area contributed by atoms with Gasteiger partial charge in [-0.1, -0.05) is 15.9 Å². The van der Waals surface area contributed by atoms with Crippen molar-refractivity contribution in [1.29, 1.82) is 0 Å². The first-order valence-electron chi connectivity index (χ1n) is 6.49. The van der Waals surface area contributed by atoms with Gasteiger partial charge < -0.3 is 5.32 Å². The van der Waals surface area contributed by atoms with Gasteiger partial charge in [-0.2, -0.15) is 0 Å². The first-order chi connectivity index (χ1) is 9.13. The maximum Gasteiger partial charge on any atom is 0.275 e. The Kier molecular flexibility index (Phi) is 3.56. The van der Waals surface area contributed by atoms with E-state index in [2.05, 4.69) is 26.1 Å². The third-order valence-corrected chi connectivity index (χ3v) is 4.60. The largest absolute Gasteiger partial charge is 0.316 e. The van der Waals surface area contributed by atoms with Crippen molar-refractivity contribution in [3.05, 3.63) is 38.3 Å². The van der Waals surface area contributed by atoms with Gasteiger partial charge in [-0.25, -0.2) is 0 Å². The zero-order valence-corrected chi connectivity index (χ0v) is 12.1. The Hall–Kier alpha value is -0.980. The zero-order valence-electron chi connectivity index (χ0n) is 10.5. The lowest BCUT2D eigenvalue weighted by atomic mass is 10.0. The highest BCUT2D eigenvalue weighted by molar-refractivity contribution is 9.10. The van der Waals surface area contributed by atoms with E-state index in [1.54, 1.807) is 6.07 Å². The molecular formula is C13H16BrN3O2. The van der Waals surface area contributed by atoms with Crippen LogP contribution in [0.5, 0.6) is 0 Å². The number of nitrogens with zero attached hydrogens (tertiary/aromatic N) is 2. The van der Waals surface area contributed by atoms with Crippen molar-refractivity contribution in [3.8, 4) is 0 Å². The van der Waals surface area contributed by atoms with Gasteiger partial charge in [0.15, 0.2) is 0 Å². The molecule has 0 aromatic heterocycles. The standard InChI is InChI=1S/C13H16BrN3O2/c14-12-2-1-9(13(3-12)17(18)19)6-16-7-10-4-15-5-11(10)8-16/h1-3,10-11,15H,4-8H2. The predicted octanol–water partition coefficient (Wildman–Crippen LogP) is 2.01. The maximum atomic E-state index is 11.1. The van der Waals surface area contributed by atoms with Gasteiger partial charge >= 0.3 is 0 Å². The number of halogens is 1. The Labute approximate surface area is 120 Å². The normalized spacial score (nSPS) is 26.6. The van der Waals surface area contributed by atoms with E-state index in [4.69, 9.17) is 0 Å². The molecule has 0 radical (unpaired) electrons. The molecule has 1 N–H and O–H groups in total. The Morgan fingerprint density at radius 3 is 2.68 bits per heavy atom. The molecule has 0 bridgehead atoms. The summed E-state index contributed by atoms with van der Waals surface area (Å²) in [4.78, 5) is 13.1. The van der Waals surface area contributed by atoms with Crippen LogP contribution in [0, 0.1) is 22.0 Å². The average Bonchev–Trinajstić information content (AvgIpc) is 2.91. The molecule has 2 fully saturated rings. The van der Waals surface area contributed by atoms with Gasteiger partial charge in [-0.15, -0.1) is 0 Å². The molecule has 102 valence electrons. The molecule has 2 unspecified atom stereocenters. The van der Waals surface area contributed by atoms with E-state index in [1.807, 2.05) is 12.1 Å². The Morgan fingerprint density at radius 1 is 1.37 bits per heavy atom. The molecule has 2 aliphatic heterocycles. The van der Waals surface area contributed by atoms with Crippen LogP contribution in [-0.4, -0.2) is 36.0 Å². The molecule has 1 aromatic carbocycles. The van der Waals surface area contributed by atoms with E-state index < -0.39 is 0 Å². The third-order valence-electron chi connectivity index (χ3n) is 4.10. The van der Waals surface area contributed by atoms with Crippen molar-refractivity contribution in [1.82, 2.24) is 10.2 Å². The number of nitro groups is 1. The Morgan fingerprint density at radius 2 is 2.05 bits per heavy atom. The second-order valence-corrected chi connectivity index (χ2v) is 6.32. The van der Waals surface area contributed by atoms with E-state index in [1.165, 1.54) is 0 Å². The molecule has 6 heteroatoms. The highest BCUT2D eigenvalue weighted by Crippen LogP contribution is 2.30. The first kappa shape index (κ1) is 13.0. The molecule has 3 rings (SSSR count). The molecule has 2 atom stereocenters. The number of hydrogen-bond donors (Lipinski definition) is 1. The van der Waals surface area contributed by atoms with Gasteiger partial charge in [-0.05, 0) is 37.1 Å². The lowest BCUT2D eigenvalue weighted by Crippen LogP contribution is -2.25. The lowest BCUT2D eigenvalue weighted by Gasteiger charge is -2.17. The molecule has 2 saturated heterocycles. The smallest absolute Gasteiger partial charge is 0.275 e. The second-order valence-electron chi connectivity index (χ2n) is 5.40. The molecule has 5 nitrogen and oxygen atoms in total. The van der Waals surface area contributed by atoms with E-state index >= 15 is 0 Å². The summed E-state index contributed by atoms with van der Waals surface area (Å²) in [6, 6.07) is 5.32. The van der Waals surface area contributed by atoms with Gasteiger partial charge in [0, 0.05) is 35.7 Å². The van der Waals surface area contributed by atoms with E-state index in [-0.39, 0.29) is 10.6 Å². The number of hydrogen-bond acceptors (Lipinski definition) is 4. The van der Waals surface area contributed by atoms with Crippen molar-refractivity contribution in [2.75, 3.05) is 26.2 Å². The fourth-order valence-corrected chi connectivity index (χ4v) is 3.51. The Balaban J connectivity index is 1.75. The topological polar surface area (TPSA) is 58.4 Å². The lowest BCUT2D eigenvalue weighted by molar-refractivity contribution is -0.385. The van der Waals surface area contributed by atoms with Gasteiger partial charge in [0.2, 0.25) is 0 Å². The number of fused-ring (bicyclic) bond motifs is 1. The van der Waals surface area contributed by atoms with E-state index in [0.29, 0.717) is 6.54 Å². The number of benzene rings is 1. The third kappa shape index (κ3) is 2.66. The van der Waals surface area contributed by atoms with Crippen LogP contribution >= 0.6 is 15.9 Å². The van der Waals surface area contributed by atoms with Gasteiger partial charge in [0.1, 0.15) is 0 Å². The molecule has 2 heterocycles. The molecule has 2 aliphatic rings. The molecule has 19 heavy (non-hydrogen) atoms. The fourth-order valence-electron chi connectivity index (χ4n) is 3.16. The second kappa shape index (κ2) is 5.19. The number of rotatable bonds is 3. The quantitative estimate of drug-likeness (QED) is 0.682. The SMILES string of the molecule is O=[N+]([O-])c1cc(Br)ccc1CN1CC2CNCC2C1. The van der Waals surface area contributed by atoms with Crippen LogP contribution in [0.3, 0.4) is 0 Å². The number of likely N-dealkylation sites (tertiary alicyclic amines) is 1. The van der Waals surface area contributed by atoms with Gasteiger partial charge in [-0.3, -0.25) is 15.0 Å². The van der Waals surface area contributed by atoms with Crippen LogP contribution < -0.4 is 5.32 Å². The van der Waals surface area contributed by atoms with E-state index in [0.717, 1.165) is 48.1 Å². The van der Waals surface area contributed by atoms with Crippen LogP contribution in [0.1, 0.15) is 5.56 Å². The monoisotopic (exact) mass is 325 g/mol. The predicted molar refractivity (Wildman–Crippen MR) is 75.9 cm³/mol. The minimum atomic E-state index is -0.293. The summed E-state index contributed by atoms with van der Waals surface area (Å²) in [5, 5.41) is 14.5. The fraction of sp³-hybridized carbons (Fsp3) is 0.538. The van der Waals surface area contributed by atoms with Gasteiger partial charge in [0.25, 0.3) is 5.69 Å². The summed E-state index contributed by atoms with van der Waals surface area (Å²) in [6.07, 6.45) is 0. The van der Waals surface area contributed by atoms with E-state index in [9.17, 15) is 10.1 Å². The average molecular weight is 326 g/mol. The summed E-state index contributed by atoms with van der Waals surface area (Å²) in [7, 11) is 0. The summed E-state index contributed by atoms with van der Waals surface area (Å²) >= 11 is 3.29. The Bertz CT molecular complexity index is 497. The summed E-state index contributed by atoms with van der Waals surface area (Å²) in [6.45, 7) is 4.94. The molecule has 0 amide bonds. The maximum absolute atomic E-state index is 11.1. The van der Waals surface area contributed by atoms with Crippen molar-refractivity contribution in [2.45, 2.75) is 6.54 Å². The molecule has 0 spiro atoms. The highest BCUT2D eigenvalue weighted by Gasteiger charge is 2.36. The van der Waals surface area contributed by atoms with Crippen molar-refractivity contribution in [3.63, 3.8) is 0 Å².